The molecule has 0 spiro atoms. The van der Waals surface area contributed by atoms with E-state index in [-0.39, 0.29) is 6.04 Å². The maximum atomic E-state index is 4.77. The zero-order valence-electron chi connectivity index (χ0n) is 12.6. The van der Waals surface area contributed by atoms with E-state index in [1.54, 1.807) is 11.3 Å². The van der Waals surface area contributed by atoms with Crippen LogP contribution in [0.2, 0.25) is 0 Å². The number of fused-ring (bicyclic) bond motifs is 1. The molecule has 0 fully saturated rings. The van der Waals surface area contributed by atoms with E-state index in [0.29, 0.717) is 0 Å². The first-order valence-electron chi connectivity index (χ1n) is 7.17. The molecule has 4 aromatic rings. The fourth-order valence-electron chi connectivity index (χ4n) is 2.60. The second kappa shape index (κ2) is 4.81. The maximum absolute atomic E-state index is 4.77. The molecule has 1 N–H and O–H groups in total. The molecule has 0 bridgehead atoms. The monoisotopic (exact) mass is 312 g/mol. The zero-order valence-corrected chi connectivity index (χ0v) is 13.4. The number of nitrogens with one attached hydrogen (secondary N) is 1. The average Bonchev–Trinajstić information content (AvgIpc) is 3.23. The molecule has 0 aromatic carbocycles. The van der Waals surface area contributed by atoms with Gasteiger partial charge in [0.1, 0.15) is 5.52 Å². The number of imidazole rings is 1. The van der Waals surface area contributed by atoms with Gasteiger partial charge >= 0.3 is 0 Å². The molecule has 0 amide bonds. The van der Waals surface area contributed by atoms with Gasteiger partial charge in [-0.25, -0.2) is 14.6 Å². The lowest BCUT2D eigenvalue weighted by molar-refractivity contribution is 0.543. The molecule has 22 heavy (non-hydrogen) atoms. The van der Waals surface area contributed by atoms with Crippen LogP contribution in [0.1, 0.15) is 25.6 Å². The quantitative estimate of drug-likeness (QED) is 0.629. The molecule has 0 saturated heterocycles. The molecule has 0 unspecified atom stereocenters. The topological polar surface area (TPSA) is 64.3 Å². The van der Waals surface area contributed by atoms with E-state index in [9.17, 15) is 0 Å². The van der Waals surface area contributed by atoms with Gasteiger partial charge < -0.3 is 4.98 Å². The second-order valence-corrected chi connectivity index (χ2v) is 6.36. The lowest BCUT2D eigenvalue weighted by Crippen LogP contribution is -2.03. The summed E-state index contributed by atoms with van der Waals surface area (Å²) in [4.78, 5) is 12.5. The van der Waals surface area contributed by atoms with Crippen molar-refractivity contribution in [1.29, 1.82) is 0 Å². The predicted molar refractivity (Wildman–Crippen MR) is 87.4 cm³/mol. The van der Waals surface area contributed by atoms with Crippen LogP contribution in [0.5, 0.6) is 0 Å². The van der Waals surface area contributed by atoms with Gasteiger partial charge in [-0.05, 0) is 32.9 Å². The van der Waals surface area contributed by atoms with Crippen molar-refractivity contribution in [3.8, 4) is 16.6 Å². The molecule has 0 aliphatic heterocycles. The van der Waals surface area contributed by atoms with Crippen LogP contribution in [0.3, 0.4) is 0 Å². The third-order valence-electron chi connectivity index (χ3n) is 3.63. The van der Waals surface area contributed by atoms with Gasteiger partial charge in [0.15, 0.2) is 16.6 Å². The number of thiazole rings is 1. The van der Waals surface area contributed by atoms with Gasteiger partial charge in [-0.15, -0.1) is 11.3 Å². The van der Waals surface area contributed by atoms with Gasteiger partial charge in [0, 0.05) is 23.8 Å². The molecule has 0 aliphatic carbocycles. The van der Waals surface area contributed by atoms with Crippen molar-refractivity contribution < 1.29 is 0 Å². The minimum Gasteiger partial charge on any atom is -0.334 e. The summed E-state index contributed by atoms with van der Waals surface area (Å²) in [5.74, 6) is 0.838. The van der Waals surface area contributed by atoms with Crippen LogP contribution >= 0.6 is 11.3 Å². The number of hydrogen-bond acceptors (Lipinski definition) is 4. The Balaban J connectivity index is 1.89. The molecule has 0 radical (unpaired) electrons. The van der Waals surface area contributed by atoms with Crippen LogP contribution in [0.25, 0.3) is 27.8 Å². The summed E-state index contributed by atoms with van der Waals surface area (Å²) < 4.78 is 4.01. The van der Waals surface area contributed by atoms with Crippen molar-refractivity contribution in [2.24, 2.45) is 0 Å². The van der Waals surface area contributed by atoms with Crippen LogP contribution in [-0.4, -0.2) is 29.3 Å². The largest absolute Gasteiger partial charge is 0.334 e. The molecule has 0 saturated carbocycles. The van der Waals surface area contributed by atoms with Gasteiger partial charge in [0.05, 0.1) is 11.4 Å². The molecular formula is C15H16N6S. The van der Waals surface area contributed by atoms with Crippen LogP contribution in [0.15, 0.2) is 29.9 Å². The molecule has 4 rings (SSSR count). The van der Waals surface area contributed by atoms with Gasteiger partial charge in [-0.2, -0.15) is 5.10 Å². The van der Waals surface area contributed by atoms with E-state index in [1.165, 1.54) is 0 Å². The smallest absolute Gasteiger partial charge is 0.194 e. The Hall–Kier alpha value is -2.41. The standard InChI is InChI=1S/C15H16N6S/c1-9(2)21-14-12(10(3)19-21)17-13(18-14)11-5-4-7-20(11)15-16-6-8-22-15/h4-9H,1-3H3,(H,17,18). The van der Waals surface area contributed by atoms with E-state index in [1.807, 2.05) is 46.1 Å². The number of H-pyrrole nitrogens is 1. The molecule has 0 aliphatic rings. The minimum atomic E-state index is 0.276. The van der Waals surface area contributed by atoms with Gasteiger partial charge in [0.25, 0.3) is 0 Å². The molecule has 4 heterocycles. The van der Waals surface area contributed by atoms with Crippen molar-refractivity contribution in [2.75, 3.05) is 0 Å². The summed E-state index contributed by atoms with van der Waals surface area (Å²) >= 11 is 1.60. The maximum Gasteiger partial charge on any atom is 0.194 e. The molecule has 6 nitrogen and oxygen atoms in total. The highest BCUT2D eigenvalue weighted by molar-refractivity contribution is 7.12. The van der Waals surface area contributed by atoms with Crippen molar-refractivity contribution >= 4 is 22.5 Å². The Labute approximate surface area is 131 Å². The first kappa shape index (κ1) is 13.3. The highest BCUT2D eigenvalue weighted by atomic mass is 32.1. The summed E-state index contributed by atoms with van der Waals surface area (Å²) in [5, 5.41) is 7.45. The second-order valence-electron chi connectivity index (χ2n) is 5.49. The number of aryl methyl sites for hydroxylation is 1. The Bertz CT molecular complexity index is 925. The van der Waals surface area contributed by atoms with Crippen LogP contribution in [0.4, 0.5) is 0 Å². The number of rotatable bonds is 3. The molecule has 0 atom stereocenters. The molecule has 112 valence electrons. The highest BCUT2D eigenvalue weighted by Crippen LogP contribution is 2.27. The normalized spacial score (nSPS) is 11.8. The van der Waals surface area contributed by atoms with E-state index < -0.39 is 0 Å². The Kier molecular flexibility index (Phi) is 2.90. The van der Waals surface area contributed by atoms with Gasteiger partial charge in [0.2, 0.25) is 0 Å². The third-order valence-corrected chi connectivity index (χ3v) is 4.40. The van der Waals surface area contributed by atoms with Crippen molar-refractivity contribution in [2.45, 2.75) is 26.8 Å². The Morgan fingerprint density at radius 2 is 2.18 bits per heavy atom. The van der Waals surface area contributed by atoms with Crippen molar-refractivity contribution in [3.63, 3.8) is 0 Å². The van der Waals surface area contributed by atoms with E-state index in [0.717, 1.165) is 33.5 Å². The first-order chi connectivity index (χ1) is 10.6. The molecule has 7 heteroatoms. The van der Waals surface area contributed by atoms with Crippen molar-refractivity contribution in [3.05, 3.63) is 35.6 Å². The van der Waals surface area contributed by atoms with Gasteiger partial charge in [-0.1, -0.05) is 0 Å². The Morgan fingerprint density at radius 1 is 1.32 bits per heavy atom. The lowest BCUT2D eigenvalue weighted by Gasteiger charge is -2.05. The fraction of sp³-hybridized carbons (Fsp3) is 0.267. The highest BCUT2D eigenvalue weighted by Gasteiger charge is 2.17. The van der Waals surface area contributed by atoms with Gasteiger partial charge in [-0.3, -0.25) is 4.57 Å². The number of nitrogens with zero attached hydrogens (tertiary/aromatic N) is 5. The summed E-state index contributed by atoms with van der Waals surface area (Å²) in [6, 6.07) is 4.32. The number of hydrogen-bond donors (Lipinski definition) is 1. The van der Waals surface area contributed by atoms with E-state index >= 15 is 0 Å². The first-order valence-corrected chi connectivity index (χ1v) is 8.05. The predicted octanol–water partition coefficient (Wildman–Crippen LogP) is 3.56. The van der Waals surface area contributed by atoms with Crippen LogP contribution < -0.4 is 0 Å². The Morgan fingerprint density at radius 3 is 2.91 bits per heavy atom. The van der Waals surface area contributed by atoms with Crippen LogP contribution in [0, 0.1) is 6.92 Å². The minimum absolute atomic E-state index is 0.276. The molecular weight excluding hydrogens is 296 g/mol. The summed E-state index contributed by atoms with van der Waals surface area (Å²) in [6.45, 7) is 6.22. The van der Waals surface area contributed by atoms with Crippen molar-refractivity contribution in [1.82, 2.24) is 29.3 Å². The molecule has 4 aromatic heterocycles. The van der Waals surface area contributed by atoms with Crippen LogP contribution in [-0.2, 0) is 0 Å². The zero-order chi connectivity index (χ0) is 15.3. The SMILES string of the molecule is Cc1nn(C(C)C)c2nc(-c3cccn3-c3nccs3)[nH]c12. The third kappa shape index (κ3) is 1.89. The number of aromatic amines is 1. The number of aromatic nitrogens is 6. The summed E-state index contributed by atoms with van der Waals surface area (Å²) in [7, 11) is 0. The lowest BCUT2D eigenvalue weighted by atomic mass is 10.4. The fourth-order valence-corrected chi connectivity index (χ4v) is 3.24. The van der Waals surface area contributed by atoms with E-state index in [2.05, 4.69) is 28.9 Å². The van der Waals surface area contributed by atoms with E-state index in [4.69, 9.17) is 4.98 Å². The average molecular weight is 312 g/mol. The summed E-state index contributed by atoms with van der Waals surface area (Å²) in [6.07, 6.45) is 3.81. The summed E-state index contributed by atoms with van der Waals surface area (Å²) in [5.41, 5.74) is 3.86.